The van der Waals surface area contributed by atoms with Gasteiger partial charge in [0.05, 0.1) is 23.7 Å². The molecular formula is C29H21FN4O2. The Hall–Kier alpha value is -4.96. The van der Waals surface area contributed by atoms with Crippen molar-refractivity contribution in [3.63, 3.8) is 0 Å². The SMILES string of the molecule is COc1cccc(C=Cc2nc3ccccc3n2-c2ccc(C#N)cn2)c1OCc1ccccc1F. The molecule has 0 radical (unpaired) electrons. The number of rotatable bonds is 7. The Morgan fingerprint density at radius 2 is 1.81 bits per heavy atom. The fourth-order valence-corrected chi connectivity index (χ4v) is 3.89. The number of nitriles is 1. The third-order valence-electron chi connectivity index (χ3n) is 5.66. The smallest absolute Gasteiger partial charge is 0.168 e. The van der Waals surface area contributed by atoms with Crippen LogP contribution in [0.1, 0.15) is 22.5 Å². The van der Waals surface area contributed by atoms with Crippen LogP contribution in [0.3, 0.4) is 0 Å². The topological polar surface area (TPSA) is 73.0 Å². The molecule has 176 valence electrons. The molecule has 0 aliphatic heterocycles. The van der Waals surface area contributed by atoms with E-state index in [2.05, 4.69) is 11.1 Å². The number of ether oxygens (including phenoxy) is 2. The number of halogens is 1. The van der Waals surface area contributed by atoms with Crippen LogP contribution < -0.4 is 9.47 Å². The summed E-state index contributed by atoms with van der Waals surface area (Å²) in [6, 6.07) is 25.4. The molecule has 7 heteroatoms. The number of nitrogens with zero attached hydrogens (tertiary/aromatic N) is 4. The highest BCUT2D eigenvalue weighted by molar-refractivity contribution is 5.82. The first-order valence-corrected chi connectivity index (χ1v) is 11.2. The van der Waals surface area contributed by atoms with Crippen LogP contribution in [-0.2, 0) is 6.61 Å². The first kappa shape index (κ1) is 22.8. The maximum Gasteiger partial charge on any atom is 0.168 e. The van der Waals surface area contributed by atoms with Gasteiger partial charge in [0.25, 0.3) is 0 Å². The molecule has 0 saturated heterocycles. The van der Waals surface area contributed by atoms with Crippen LogP contribution in [0.2, 0.25) is 0 Å². The lowest BCUT2D eigenvalue weighted by molar-refractivity contribution is 0.279. The highest BCUT2D eigenvalue weighted by atomic mass is 19.1. The molecule has 0 saturated carbocycles. The number of hydrogen-bond acceptors (Lipinski definition) is 5. The van der Waals surface area contributed by atoms with Crippen LogP contribution >= 0.6 is 0 Å². The number of fused-ring (bicyclic) bond motifs is 1. The lowest BCUT2D eigenvalue weighted by Crippen LogP contribution is -2.02. The number of aromatic nitrogens is 3. The van der Waals surface area contributed by atoms with Gasteiger partial charge in [-0.15, -0.1) is 0 Å². The molecule has 0 aliphatic carbocycles. The van der Waals surface area contributed by atoms with Crippen molar-refractivity contribution in [3.05, 3.63) is 113 Å². The van der Waals surface area contributed by atoms with Gasteiger partial charge in [0.2, 0.25) is 0 Å². The van der Waals surface area contributed by atoms with E-state index in [1.807, 2.05) is 53.1 Å². The third kappa shape index (κ3) is 4.52. The quantitative estimate of drug-likeness (QED) is 0.280. The van der Waals surface area contributed by atoms with E-state index in [1.165, 1.54) is 12.3 Å². The maximum absolute atomic E-state index is 14.1. The van der Waals surface area contributed by atoms with Crippen LogP contribution in [0, 0.1) is 17.1 Å². The predicted octanol–water partition coefficient (Wildman–Crippen LogP) is 6.19. The molecule has 0 fully saturated rings. The zero-order valence-corrected chi connectivity index (χ0v) is 19.4. The second-order valence-electron chi connectivity index (χ2n) is 7.90. The van der Waals surface area contributed by atoms with Crippen molar-refractivity contribution in [3.8, 4) is 23.4 Å². The molecule has 2 heterocycles. The minimum Gasteiger partial charge on any atom is -0.493 e. The molecule has 0 N–H and O–H groups in total. The number of methoxy groups -OCH3 is 1. The minimum atomic E-state index is -0.326. The van der Waals surface area contributed by atoms with Crippen molar-refractivity contribution in [2.75, 3.05) is 7.11 Å². The van der Waals surface area contributed by atoms with Crippen molar-refractivity contribution in [1.29, 1.82) is 5.26 Å². The molecule has 2 aromatic heterocycles. The van der Waals surface area contributed by atoms with Gasteiger partial charge in [-0.1, -0.05) is 42.5 Å². The molecule has 0 atom stereocenters. The van der Waals surface area contributed by atoms with Gasteiger partial charge in [-0.05, 0) is 48.6 Å². The van der Waals surface area contributed by atoms with Gasteiger partial charge < -0.3 is 9.47 Å². The number of para-hydroxylation sites is 3. The summed E-state index contributed by atoms with van der Waals surface area (Å²) in [5.41, 5.74) is 3.37. The van der Waals surface area contributed by atoms with Crippen molar-refractivity contribution in [2.24, 2.45) is 0 Å². The van der Waals surface area contributed by atoms with Crippen LogP contribution in [0.5, 0.6) is 11.5 Å². The molecule has 0 bridgehead atoms. The first-order valence-electron chi connectivity index (χ1n) is 11.2. The summed E-state index contributed by atoms with van der Waals surface area (Å²) in [7, 11) is 1.56. The number of pyridine rings is 1. The largest absolute Gasteiger partial charge is 0.493 e. The Bertz CT molecular complexity index is 1600. The third-order valence-corrected chi connectivity index (χ3v) is 5.66. The fraction of sp³-hybridized carbons (Fsp3) is 0.0690. The summed E-state index contributed by atoms with van der Waals surface area (Å²) in [4.78, 5) is 9.23. The Labute approximate surface area is 207 Å². The number of hydrogen-bond donors (Lipinski definition) is 0. The van der Waals surface area contributed by atoms with Crippen molar-refractivity contribution < 1.29 is 13.9 Å². The Kier molecular flexibility index (Phi) is 6.41. The average Bonchev–Trinajstić information content (AvgIpc) is 3.30. The predicted molar refractivity (Wildman–Crippen MR) is 136 cm³/mol. The van der Waals surface area contributed by atoms with Gasteiger partial charge in [0.1, 0.15) is 30.1 Å². The molecule has 5 aromatic rings. The molecular weight excluding hydrogens is 455 g/mol. The summed E-state index contributed by atoms with van der Waals surface area (Å²) in [5.74, 6) is 2.00. The van der Waals surface area contributed by atoms with Crippen LogP contribution in [0.15, 0.2) is 85.1 Å². The normalized spacial score (nSPS) is 11.0. The molecule has 0 aliphatic rings. The standard InChI is InChI=1S/C29H21FN4O2/c1-35-26-12-6-8-21(29(26)36-19-22-7-2-3-9-23(22)30)14-16-28-33-24-10-4-5-11-25(24)34(28)27-15-13-20(17-31)18-32-27/h2-16,18H,19H2,1H3. The summed E-state index contributed by atoms with van der Waals surface area (Å²) < 4.78 is 27.6. The minimum absolute atomic E-state index is 0.0571. The highest BCUT2D eigenvalue weighted by Gasteiger charge is 2.14. The summed E-state index contributed by atoms with van der Waals surface area (Å²) in [5, 5.41) is 9.13. The molecule has 5 rings (SSSR count). The van der Waals surface area contributed by atoms with Gasteiger partial charge in [-0.25, -0.2) is 14.4 Å². The van der Waals surface area contributed by atoms with Crippen molar-refractivity contribution >= 4 is 23.2 Å². The molecule has 6 nitrogen and oxygen atoms in total. The second kappa shape index (κ2) is 10.1. The Morgan fingerprint density at radius 1 is 0.972 bits per heavy atom. The highest BCUT2D eigenvalue weighted by Crippen LogP contribution is 2.33. The van der Waals surface area contributed by atoms with Gasteiger partial charge in [-0.2, -0.15) is 5.26 Å². The van der Waals surface area contributed by atoms with E-state index in [4.69, 9.17) is 19.7 Å². The van der Waals surface area contributed by atoms with Gasteiger partial charge >= 0.3 is 0 Å². The number of benzene rings is 3. The van der Waals surface area contributed by atoms with E-state index in [0.717, 1.165) is 16.6 Å². The van der Waals surface area contributed by atoms with E-state index in [0.29, 0.717) is 34.3 Å². The average molecular weight is 477 g/mol. The zero-order valence-electron chi connectivity index (χ0n) is 19.4. The molecule has 0 unspecified atom stereocenters. The van der Waals surface area contributed by atoms with E-state index in [1.54, 1.807) is 43.5 Å². The summed E-state index contributed by atoms with van der Waals surface area (Å²) in [6.07, 6.45) is 5.28. The molecule has 0 amide bonds. The fourth-order valence-electron chi connectivity index (χ4n) is 3.89. The zero-order chi connectivity index (χ0) is 24.9. The lowest BCUT2D eigenvalue weighted by atomic mass is 10.1. The van der Waals surface area contributed by atoms with E-state index < -0.39 is 0 Å². The van der Waals surface area contributed by atoms with E-state index >= 15 is 0 Å². The summed E-state index contributed by atoms with van der Waals surface area (Å²) >= 11 is 0. The van der Waals surface area contributed by atoms with Crippen LogP contribution in [0.25, 0.3) is 29.0 Å². The monoisotopic (exact) mass is 476 g/mol. The van der Waals surface area contributed by atoms with E-state index in [-0.39, 0.29) is 12.4 Å². The first-order chi connectivity index (χ1) is 17.7. The van der Waals surface area contributed by atoms with E-state index in [9.17, 15) is 4.39 Å². The number of imidazole rings is 1. The van der Waals surface area contributed by atoms with Crippen molar-refractivity contribution in [2.45, 2.75) is 6.61 Å². The summed E-state index contributed by atoms with van der Waals surface area (Å²) in [6.45, 7) is 0.0571. The molecule has 3 aromatic carbocycles. The maximum atomic E-state index is 14.1. The lowest BCUT2D eigenvalue weighted by Gasteiger charge is -2.14. The van der Waals surface area contributed by atoms with Crippen LogP contribution in [-0.4, -0.2) is 21.6 Å². The van der Waals surface area contributed by atoms with Crippen molar-refractivity contribution in [1.82, 2.24) is 14.5 Å². The molecule has 0 spiro atoms. The van der Waals surface area contributed by atoms with Crippen LogP contribution in [0.4, 0.5) is 4.39 Å². The Balaban J connectivity index is 1.54. The molecule has 36 heavy (non-hydrogen) atoms. The Morgan fingerprint density at radius 3 is 2.58 bits per heavy atom. The van der Waals surface area contributed by atoms with Gasteiger partial charge in [0.15, 0.2) is 11.5 Å². The van der Waals surface area contributed by atoms with Gasteiger partial charge in [0, 0.05) is 17.3 Å². The van der Waals surface area contributed by atoms with Gasteiger partial charge in [-0.3, -0.25) is 4.57 Å². The second-order valence-corrected chi connectivity index (χ2v) is 7.90.